The molecule has 0 fully saturated rings. The summed E-state index contributed by atoms with van der Waals surface area (Å²) >= 11 is 0. The van der Waals surface area contributed by atoms with Crippen molar-refractivity contribution in [3.8, 4) is 11.4 Å². The first-order valence-corrected chi connectivity index (χ1v) is 8.21. The van der Waals surface area contributed by atoms with E-state index >= 15 is 0 Å². The van der Waals surface area contributed by atoms with Gasteiger partial charge in [0, 0.05) is 30.8 Å². The van der Waals surface area contributed by atoms with Gasteiger partial charge in [-0.25, -0.2) is 0 Å². The second-order valence-electron chi connectivity index (χ2n) is 5.95. The van der Waals surface area contributed by atoms with Crippen LogP contribution in [0.4, 0.5) is 0 Å². The molecular weight excluding hydrogens is 316 g/mol. The fourth-order valence-corrected chi connectivity index (χ4v) is 2.45. The Morgan fingerprint density at radius 2 is 1.88 bits per heavy atom. The molecule has 1 atom stereocenters. The van der Waals surface area contributed by atoms with Crippen LogP contribution in [-0.2, 0) is 11.2 Å². The van der Waals surface area contributed by atoms with E-state index in [-0.39, 0.29) is 11.9 Å². The van der Waals surface area contributed by atoms with Crippen molar-refractivity contribution in [2.24, 2.45) is 0 Å². The first-order valence-electron chi connectivity index (χ1n) is 8.21. The SMILES string of the molecule is Cc1ccc(-c2noc(CCC(=O)N[C@@H](C)c3ccncc3)n2)cc1. The average molecular weight is 336 g/mol. The van der Waals surface area contributed by atoms with Crippen LogP contribution in [0.25, 0.3) is 11.4 Å². The van der Waals surface area contributed by atoms with Gasteiger partial charge < -0.3 is 9.84 Å². The number of benzene rings is 1. The Morgan fingerprint density at radius 1 is 1.16 bits per heavy atom. The van der Waals surface area contributed by atoms with Crippen molar-refractivity contribution < 1.29 is 9.32 Å². The van der Waals surface area contributed by atoms with E-state index in [0.29, 0.717) is 24.6 Å². The first-order chi connectivity index (χ1) is 12.1. The fourth-order valence-electron chi connectivity index (χ4n) is 2.45. The molecule has 0 unspecified atom stereocenters. The zero-order valence-corrected chi connectivity index (χ0v) is 14.3. The maximum atomic E-state index is 12.1. The Bertz CT molecular complexity index is 828. The Morgan fingerprint density at radius 3 is 2.60 bits per heavy atom. The zero-order valence-electron chi connectivity index (χ0n) is 14.3. The Hall–Kier alpha value is -3.02. The highest BCUT2D eigenvalue weighted by Gasteiger charge is 2.13. The molecule has 0 saturated heterocycles. The summed E-state index contributed by atoms with van der Waals surface area (Å²) in [5.74, 6) is 0.947. The molecule has 0 aliphatic rings. The molecule has 0 bridgehead atoms. The van der Waals surface area contributed by atoms with Crippen LogP contribution in [-0.4, -0.2) is 21.0 Å². The summed E-state index contributed by atoms with van der Waals surface area (Å²) < 4.78 is 5.24. The molecule has 3 rings (SSSR count). The molecule has 0 aliphatic heterocycles. The number of amides is 1. The van der Waals surface area contributed by atoms with Crippen molar-refractivity contribution in [2.75, 3.05) is 0 Å². The van der Waals surface area contributed by atoms with Crippen LogP contribution in [0.1, 0.15) is 36.4 Å². The highest BCUT2D eigenvalue weighted by molar-refractivity contribution is 5.76. The van der Waals surface area contributed by atoms with Gasteiger partial charge in [0.15, 0.2) is 0 Å². The first kappa shape index (κ1) is 16.8. The van der Waals surface area contributed by atoms with E-state index in [4.69, 9.17) is 4.52 Å². The third kappa shape index (κ3) is 4.50. The number of nitrogens with one attached hydrogen (secondary N) is 1. The smallest absolute Gasteiger partial charge is 0.227 e. The molecule has 0 saturated carbocycles. The molecule has 6 heteroatoms. The zero-order chi connectivity index (χ0) is 17.6. The van der Waals surface area contributed by atoms with E-state index in [1.807, 2.05) is 50.2 Å². The van der Waals surface area contributed by atoms with Crippen LogP contribution in [0.2, 0.25) is 0 Å². The number of pyridine rings is 1. The number of hydrogen-bond acceptors (Lipinski definition) is 5. The van der Waals surface area contributed by atoms with Gasteiger partial charge >= 0.3 is 0 Å². The summed E-state index contributed by atoms with van der Waals surface area (Å²) in [6, 6.07) is 11.6. The minimum absolute atomic E-state index is 0.0561. The van der Waals surface area contributed by atoms with Crippen molar-refractivity contribution in [3.05, 3.63) is 65.8 Å². The molecule has 0 spiro atoms. The van der Waals surface area contributed by atoms with Gasteiger partial charge in [-0.15, -0.1) is 0 Å². The summed E-state index contributed by atoms with van der Waals surface area (Å²) in [5, 5.41) is 6.93. The molecule has 1 aromatic carbocycles. The van der Waals surface area contributed by atoms with E-state index in [9.17, 15) is 4.79 Å². The highest BCUT2D eigenvalue weighted by atomic mass is 16.5. The van der Waals surface area contributed by atoms with Crippen LogP contribution in [0.15, 0.2) is 53.3 Å². The predicted molar refractivity (Wildman–Crippen MR) is 93.6 cm³/mol. The number of nitrogens with zero attached hydrogens (tertiary/aromatic N) is 3. The van der Waals surface area contributed by atoms with E-state index in [2.05, 4.69) is 20.4 Å². The maximum absolute atomic E-state index is 12.1. The molecule has 3 aromatic rings. The quantitative estimate of drug-likeness (QED) is 0.747. The lowest BCUT2D eigenvalue weighted by molar-refractivity contribution is -0.121. The molecule has 6 nitrogen and oxygen atoms in total. The van der Waals surface area contributed by atoms with Crippen LogP contribution < -0.4 is 5.32 Å². The summed E-state index contributed by atoms with van der Waals surface area (Å²) in [6.07, 6.45) is 4.13. The van der Waals surface area contributed by atoms with Crippen molar-refractivity contribution in [3.63, 3.8) is 0 Å². The third-order valence-corrected chi connectivity index (χ3v) is 3.93. The maximum Gasteiger partial charge on any atom is 0.227 e. The summed E-state index contributed by atoms with van der Waals surface area (Å²) in [4.78, 5) is 20.4. The second-order valence-corrected chi connectivity index (χ2v) is 5.95. The molecule has 0 aliphatic carbocycles. The van der Waals surface area contributed by atoms with Crippen LogP contribution in [0.5, 0.6) is 0 Å². The van der Waals surface area contributed by atoms with Gasteiger partial charge in [0.2, 0.25) is 17.6 Å². The Labute approximate surface area is 146 Å². The largest absolute Gasteiger partial charge is 0.350 e. The van der Waals surface area contributed by atoms with Gasteiger partial charge in [0.1, 0.15) is 0 Å². The van der Waals surface area contributed by atoms with E-state index in [1.165, 1.54) is 5.56 Å². The van der Waals surface area contributed by atoms with Gasteiger partial charge in [0.25, 0.3) is 0 Å². The second kappa shape index (κ2) is 7.70. The number of aromatic nitrogens is 3. The predicted octanol–water partition coefficient (Wildman–Crippen LogP) is 3.25. The summed E-state index contributed by atoms with van der Waals surface area (Å²) in [5.41, 5.74) is 3.09. The third-order valence-electron chi connectivity index (χ3n) is 3.93. The van der Waals surface area contributed by atoms with E-state index < -0.39 is 0 Å². The topological polar surface area (TPSA) is 80.9 Å². The molecule has 1 N–H and O–H groups in total. The van der Waals surface area contributed by atoms with Crippen LogP contribution in [0, 0.1) is 6.92 Å². The monoisotopic (exact) mass is 336 g/mol. The van der Waals surface area contributed by atoms with Gasteiger partial charge in [-0.05, 0) is 31.5 Å². The van der Waals surface area contributed by atoms with Crippen molar-refractivity contribution >= 4 is 5.91 Å². The lowest BCUT2D eigenvalue weighted by Crippen LogP contribution is -2.26. The van der Waals surface area contributed by atoms with Gasteiger partial charge in [-0.2, -0.15) is 4.98 Å². The summed E-state index contributed by atoms with van der Waals surface area (Å²) in [7, 11) is 0. The van der Waals surface area contributed by atoms with Gasteiger partial charge in [0.05, 0.1) is 6.04 Å². The standard InChI is InChI=1S/C19H20N4O2/c1-13-3-5-16(6-4-13)19-22-18(25-23-19)8-7-17(24)21-14(2)15-9-11-20-12-10-15/h3-6,9-12,14H,7-8H2,1-2H3,(H,21,24)/t14-/m0/s1. The van der Waals surface area contributed by atoms with Crippen LogP contribution >= 0.6 is 0 Å². The number of carbonyl (C=O) groups is 1. The molecule has 1 amide bonds. The van der Waals surface area contributed by atoms with Crippen molar-refractivity contribution in [1.82, 2.24) is 20.4 Å². The molecule has 25 heavy (non-hydrogen) atoms. The number of aryl methyl sites for hydroxylation is 2. The molecule has 2 aromatic heterocycles. The summed E-state index contributed by atoms with van der Waals surface area (Å²) in [6.45, 7) is 3.96. The molecule has 0 radical (unpaired) electrons. The molecule has 2 heterocycles. The molecular formula is C19H20N4O2. The number of carbonyl (C=O) groups excluding carboxylic acids is 1. The lowest BCUT2D eigenvalue weighted by Gasteiger charge is -2.13. The highest BCUT2D eigenvalue weighted by Crippen LogP contribution is 2.17. The van der Waals surface area contributed by atoms with E-state index in [0.717, 1.165) is 11.1 Å². The minimum Gasteiger partial charge on any atom is -0.350 e. The van der Waals surface area contributed by atoms with Crippen LogP contribution in [0.3, 0.4) is 0 Å². The van der Waals surface area contributed by atoms with Gasteiger partial charge in [-0.1, -0.05) is 35.0 Å². The number of rotatable bonds is 6. The van der Waals surface area contributed by atoms with Crippen molar-refractivity contribution in [1.29, 1.82) is 0 Å². The van der Waals surface area contributed by atoms with Gasteiger partial charge in [-0.3, -0.25) is 9.78 Å². The number of hydrogen-bond donors (Lipinski definition) is 1. The lowest BCUT2D eigenvalue weighted by atomic mass is 10.1. The minimum atomic E-state index is -0.0682. The normalized spacial score (nSPS) is 11.9. The molecule has 128 valence electrons. The fraction of sp³-hybridized carbons (Fsp3) is 0.263. The van der Waals surface area contributed by atoms with Crippen molar-refractivity contribution in [2.45, 2.75) is 32.7 Å². The Kier molecular flexibility index (Phi) is 5.18. The van der Waals surface area contributed by atoms with E-state index in [1.54, 1.807) is 12.4 Å². The average Bonchev–Trinajstić information content (AvgIpc) is 3.10. The Balaban J connectivity index is 1.53.